The van der Waals surface area contributed by atoms with Gasteiger partial charge in [-0.1, -0.05) is 35.9 Å². The van der Waals surface area contributed by atoms with Crippen LogP contribution in [0.25, 0.3) is 0 Å². The zero-order chi connectivity index (χ0) is 20.2. The van der Waals surface area contributed by atoms with Gasteiger partial charge in [0.25, 0.3) is 0 Å². The van der Waals surface area contributed by atoms with Crippen LogP contribution in [0.5, 0.6) is 5.75 Å². The molecule has 2 heterocycles. The van der Waals surface area contributed by atoms with Crippen LogP contribution < -0.4 is 4.74 Å². The van der Waals surface area contributed by atoms with Crippen LogP contribution in [0.1, 0.15) is 42.1 Å². The van der Waals surface area contributed by atoms with Gasteiger partial charge in [0.05, 0.1) is 38.1 Å². The van der Waals surface area contributed by atoms with Crippen molar-refractivity contribution in [2.24, 2.45) is 0 Å². The Morgan fingerprint density at radius 3 is 2.66 bits per heavy atom. The van der Waals surface area contributed by atoms with Crippen LogP contribution in [-0.4, -0.2) is 48.3 Å². The third-order valence-electron chi connectivity index (χ3n) is 5.53. The first-order valence-corrected chi connectivity index (χ1v) is 10.5. The van der Waals surface area contributed by atoms with Gasteiger partial charge in [0, 0.05) is 24.3 Å². The van der Waals surface area contributed by atoms with Gasteiger partial charge in [-0.3, -0.25) is 0 Å². The van der Waals surface area contributed by atoms with Crippen LogP contribution >= 0.6 is 11.6 Å². The molecule has 4 unspecified atom stereocenters. The molecule has 2 aliphatic rings. The van der Waals surface area contributed by atoms with Crippen LogP contribution in [0.2, 0.25) is 5.02 Å². The fourth-order valence-corrected chi connectivity index (χ4v) is 4.14. The predicted octanol–water partition coefficient (Wildman–Crippen LogP) is 3.67. The van der Waals surface area contributed by atoms with Crippen LogP contribution in [0, 0.1) is 0 Å². The standard InChI is InChI=1S/C23H27ClO5/c24-22-6-3-16(23-12-18(26)11-21(13-25)29-23)10-17(22)9-15-1-4-19(5-2-15)28-20-7-8-27-14-20/h1-6,10,18,20-21,23,25-26H,7-9,11-14H2. The molecule has 6 heteroatoms. The first-order valence-electron chi connectivity index (χ1n) is 10.2. The fourth-order valence-electron chi connectivity index (χ4n) is 3.96. The van der Waals surface area contributed by atoms with Gasteiger partial charge in [0.1, 0.15) is 11.9 Å². The van der Waals surface area contributed by atoms with E-state index in [0.717, 1.165) is 35.5 Å². The van der Waals surface area contributed by atoms with E-state index in [9.17, 15) is 10.2 Å². The van der Waals surface area contributed by atoms with Crippen molar-refractivity contribution in [3.8, 4) is 5.75 Å². The minimum absolute atomic E-state index is 0.0879. The maximum absolute atomic E-state index is 10.1. The van der Waals surface area contributed by atoms with Crippen molar-refractivity contribution in [3.63, 3.8) is 0 Å². The lowest BCUT2D eigenvalue weighted by Crippen LogP contribution is -2.33. The summed E-state index contributed by atoms with van der Waals surface area (Å²) in [5.41, 5.74) is 3.12. The molecule has 2 aromatic carbocycles. The van der Waals surface area contributed by atoms with Gasteiger partial charge in [0.2, 0.25) is 0 Å². The average molecular weight is 419 g/mol. The first kappa shape index (κ1) is 20.6. The highest BCUT2D eigenvalue weighted by Crippen LogP contribution is 2.34. The molecule has 4 atom stereocenters. The van der Waals surface area contributed by atoms with Crippen LogP contribution in [0.3, 0.4) is 0 Å². The van der Waals surface area contributed by atoms with Crippen molar-refractivity contribution in [2.75, 3.05) is 19.8 Å². The molecule has 156 valence electrons. The molecule has 2 saturated heterocycles. The number of hydrogen-bond acceptors (Lipinski definition) is 5. The van der Waals surface area contributed by atoms with Gasteiger partial charge >= 0.3 is 0 Å². The van der Waals surface area contributed by atoms with E-state index in [1.807, 2.05) is 30.3 Å². The molecule has 2 aliphatic heterocycles. The van der Waals surface area contributed by atoms with Gasteiger partial charge < -0.3 is 24.4 Å². The van der Waals surface area contributed by atoms with Crippen molar-refractivity contribution in [2.45, 2.75) is 50.1 Å². The number of aliphatic hydroxyl groups excluding tert-OH is 2. The molecule has 2 fully saturated rings. The second kappa shape index (κ2) is 9.45. The Kier molecular flexibility index (Phi) is 6.73. The van der Waals surface area contributed by atoms with Crippen molar-refractivity contribution in [1.82, 2.24) is 0 Å². The minimum Gasteiger partial charge on any atom is -0.488 e. The monoisotopic (exact) mass is 418 g/mol. The summed E-state index contributed by atoms with van der Waals surface area (Å²) < 4.78 is 17.2. The van der Waals surface area contributed by atoms with E-state index < -0.39 is 6.10 Å². The number of hydrogen-bond donors (Lipinski definition) is 2. The van der Waals surface area contributed by atoms with E-state index in [2.05, 4.69) is 12.1 Å². The zero-order valence-electron chi connectivity index (χ0n) is 16.3. The predicted molar refractivity (Wildman–Crippen MR) is 110 cm³/mol. The van der Waals surface area contributed by atoms with E-state index in [1.165, 1.54) is 0 Å². The second-order valence-corrected chi connectivity index (χ2v) is 8.24. The molecule has 5 nitrogen and oxygen atoms in total. The average Bonchev–Trinajstić information content (AvgIpc) is 3.23. The summed E-state index contributed by atoms with van der Waals surface area (Å²) in [5, 5.41) is 20.2. The molecule has 29 heavy (non-hydrogen) atoms. The van der Waals surface area contributed by atoms with Gasteiger partial charge in [-0.2, -0.15) is 0 Å². The van der Waals surface area contributed by atoms with E-state index in [0.29, 0.717) is 30.9 Å². The summed E-state index contributed by atoms with van der Waals surface area (Å²) in [7, 11) is 0. The smallest absolute Gasteiger partial charge is 0.124 e. The summed E-state index contributed by atoms with van der Waals surface area (Å²) in [4.78, 5) is 0. The third kappa shape index (κ3) is 5.30. The molecule has 0 aliphatic carbocycles. The maximum Gasteiger partial charge on any atom is 0.124 e. The number of benzene rings is 2. The molecule has 2 aromatic rings. The summed E-state index contributed by atoms with van der Waals surface area (Å²) >= 11 is 6.45. The Labute approximate surface area is 176 Å². The number of halogens is 1. The minimum atomic E-state index is -0.470. The molecule has 0 aromatic heterocycles. The summed E-state index contributed by atoms with van der Waals surface area (Å²) in [5.74, 6) is 0.851. The summed E-state index contributed by atoms with van der Waals surface area (Å²) in [6.45, 7) is 1.33. The lowest BCUT2D eigenvalue weighted by atomic mass is 9.94. The van der Waals surface area contributed by atoms with Crippen molar-refractivity contribution in [3.05, 3.63) is 64.2 Å². The number of ether oxygens (including phenoxy) is 3. The van der Waals surface area contributed by atoms with Crippen LogP contribution in [-0.2, 0) is 15.9 Å². The van der Waals surface area contributed by atoms with Gasteiger partial charge in [-0.15, -0.1) is 0 Å². The Bertz CT molecular complexity index is 803. The first-order chi connectivity index (χ1) is 14.1. The Morgan fingerprint density at radius 1 is 1.10 bits per heavy atom. The highest BCUT2D eigenvalue weighted by atomic mass is 35.5. The molecular formula is C23H27ClO5. The van der Waals surface area contributed by atoms with Gasteiger partial charge in [-0.25, -0.2) is 0 Å². The van der Waals surface area contributed by atoms with Crippen LogP contribution in [0.15, 0.2) is 42.5 Å². The highest BCUT2D eigenvalue weighted by Gasteiger charge is 2.29. The molecule has 0 saturated carbocycles. The second-order valence-electron chi connectivity index (χ2n) is 7.83. The van der Waals surface area contributed by atoms with E-state index in [1.54, 1.807) is 0 Å². The van der Waals surface area contributed by atoms with Crippen molar-refractivity contribution >= 4 is 11.6 Å². The van der Waals surface area contributed by atoms with Gasteiger partial charge in [-0.05, 0) is 41.3 Å². The molecule has 2 N–H and O–H groups in total. The number of rotatable bonds is 6. The SMILES string of the molecule is OCC1CC(O)CC(c2ccc(Cl)c(Cc3ccc(OC4CCOC4)cc3)c2)O1. The zero-order valence-corrected chi connectivity index (χ0v) is 17.1. The van der Waals surface area contributed by atoms with Crippen molar-refractivity contribution in [1.29, 1.82) is 0 Å². The van der Waals surface area contributed by atoms with E-state index in [4.69, 9.17) is 25.8 Å². The molecule has 0 spiro atoms. The largest absolute Gasteiger partial charge is 0.488 e. The summed E-state index contributed by atoms with van der Waals surface area (Å²) in [6.07, 6.45) is 1.71. The Hall–Kier alpha value is -1.63. The molecule has 4 rings (SSSR count). The normalized spacial score (nSPS) is 27.1. The topological polar surface area (TPSA) is 68.2 Å². The third-order valence-corrected chi connectivity index (χ3v) is 5.90. The fraction of sp³-hybridized carbons (Fsp3) is 0.478. The van der Waals surface area contributed by atoms with E-state index in [-0.39, 0.29) is 24.9 Å². The Morgan fingerprint density at radius 2 is 1.93 bits per heavy atom. The molecule has 0 amide bonds. The van der Waals surface area contributed by atoms with Crippen molar-refractivity contribution < 1.29 is 24.4 Å². The molecular weight excluding hydrogens is 392 g/mol. The Balaban J connectivity index is 1.45. The van der Waals surface area contributed by atoms with Gasteiger partial charge in [0.15, 0.2) is 0 Å². The quantitative estimate of drug-likeness (QED) is 0.749. The maximum atomic E-state index is 10.1. The highest BCUT2D eigenvalue weighted by molar-refractivity contribution is 6.31. The molecule has 0 bridgehead atoms. The van der Waals surface area contributed by atoms with Crippen LogP contribution in [0.4, 0.5) is 0 Å². The number of aliphatic hydroxyl groups is 2. The summed E-state index contributed by atoms with van der Waals surface area (Å²) in [6, 6.07) is 13.9. The lowest BCUT2D eigenvalue weighted by molar-refractivity contribution is -0.113. The van der Waals surface area contributed by atoms with E-state index >= 15 is 0 Å². The lowest BCUT2D eigenvalue weighted by Gasteiger charge is -2.32. The molecule has 0 radical (unpaired) electrons.